The number of phenols is 1. The Morgan fingerprint density at radius 1 is 1.53 bits per heavy atom. The lowest BCUT2D eigenvalue weighted by Crippen LogP contribution is -2.14. The molecule has 100 valence electrons. The maximum absolute atomic E-state index is 11.8. The molecule has 5 nitrogen and oxygen atoms in total. The van der Waals surface area contributed by atoms with Crippen molar-refractivity contribution < 1.29 is 9.90 Å². The molecule has 0 aliphatic carbocycles. The van der Waals surface area contributed by atoms with Crippen molar-refractivity contribution in [1.29, 1.82) is 0 Å². The second-order valence-electron chi connectivity index (χ2n) is 4.11. The number of thiazole rings is 1. The Hall–Kier alpha value is -2.08. The van der Waals surface area contributed by atoms with Gasteiger partial charge in [-0.25, -0.2) is 4.98 Å². The first-order valence-electron chi connectivity index (χ1n) is 5.90. The zero-order chi connectivity index (χ0) is 13.8. The van der Waals surface area contributed by atoms with Gasteiger partial charge in [0, 0.05) is 5.38 Å². The number of aromatic hydroxyl groups is 1. The number of carbonyl (C=O) groups excluding carboxylic acids is 1. The Morgan fingerprint density at radius 3 is 2.95 bits per heavy atom. The van der Waals surface area contributed by atoms with E-state index in [4.69, 9.17) is 5.73 Å². The highest BCUT2D eigenvalue weighted by atomic mass is 32.1. The van der Waals surface area contributed by atoms with Gasteiger partial charge in [0.25, 0.3) is 0 Å². The number of nitrogen functional groups attached to an aromatic ring is 1. The van der Waals surface area contributed by atoms with Crippen molar-refractivity contribution >= 4 is 28.1 Å². The number of carbonyl (C=O) groups is 1. The van der Waals surface area contributed by atoms with Gasteiger partial charge in [-0.1, -0.05) is 13.0 Å². The smallest absolute Gasteiger partial charge is 0.230 e. The number of nitrogens with two attached hydrogens (primary N) is 1. The number of nitrogens with one attached hydrogen (secondary N) is 1. The Balaban J connectivity index is 2.06. The van der Waals surface area contributed by atoms with E-state index in [1.54, 1.807) is 17.5 Å². The standard InChI is InChI=1S/C13H15N3O2S/c1-2-8-3-4-11(17)10(5-8)16-12(18)6-9-7-19-13(14)15-9/h3-5,7,17H,2,6H2,1H3,(H2,14,15)(H,16,18). The Morgan fingerprint density at radius 2 is 2.32 bits per heavy atom. The molecule has 0 saturated heterocycles. The van der Waals surface area contributed by atoms with Crippen LogP contribution in [0.25, 0.3) is 0 Å². The number of amides is 1. The zero-order valence-corrected chi connectivity index (χ0v) is 11.3. The SMILES string of the molecule is CCc1ccc(O)c(NC(=O)Cc2csc(N)n2)c1. The van der Waals surface area contributed by atoms with E-state index in [1.807, 2.05) is 13.0 Å². The van der Waals surface area contributed by atoms with E-state index in [2.05, 4.69) is 10.3 Å². The maximum Gasteiger partial charge on any atom is 0.230 e. The van der Waals surface area contributed by atoms with Gasteiger partial charge in [-0.2, -0.15) is 0 Å². The van der Waals surface area contributed by atoms with Crippen molar-refractivity contribution in [1.82, 2.24) is 4.98 Å². The minimum absolute atomic E-state index is 0.0586. The molecule has 0 saturated carbocycles. The lowest BCUT2D eigenvalue weighted by molar-refractivity contribution is -0.115. The minimum atomic E-state index is -0.228. The fourth-order valence-electron chi connectivity index (χ4n) is 1.67. The molecule has 19 heavy (non-hydrogen) atoms. The summed E-state index contributed by atoms with van der Waals surface area (Å²) in [5, 5.41) is 14.6. The van der Waals surface area contributed by atoms with Gasteiger partial charge in [0.05, 0.1) is 17.8 Å². The Labute approximate surface area is 115 Å². The highest BCUT2D eigenvalue weighted by Crippen LogP contribution is 2.24. The molecule has 1 heterocycles. The molecule has 0 radical (unpaired) electrons. The molecule has 0 fully saturated rings. The largest absolute Gasteiger partial charge is 0.506 e. The number of hydrogen-bond acceptors (Lipinski definition) is 5. The van der Waals surface area contributed by atoms with E-state index in [9.17, 15) is 9.90 Å². The van der Waals surface area contributed by atoms with Gasteiger partial charge < -0.3 is 16.2 Å². The summed E-state index contributed by atoms with van der Waals surface area (Å²) in [4.78, 5) is 15.9. The van der Waals surface area contributed by atoms with Gasteiger partial charge in [-0.3, -0.25) is 4.79 Å². The molecule has 0 aliphatic heterocycles. The second-order valence-corrected chi connectivity index (χ2v) is 5.00. The van der Waals surface area contributed by atoms with E-state index < -0.39 is 0 Å². The average Bonchev–Trinajstić information content (AvgIpc) is 2.77. The summed E-state index contributed by atoms with van der Waals surface area (Å²) in [6.07, 6.45) is 0.981. The summed E-state index contributed by atoms with van der Waals surface area (Å²) in [6, 6.07) is 5.17. The fourth-order valence-corrected chi connectivity index (χ4v) is 2.23. The van der Waals surface area contributed by atoms with Gasteiger partial charge >= 0.3 is 0 Å². The predicted octanol–water partition coefficient (Wildman–Crippen LogP) is 2.17. The molecule has 2 aromatic rings. The van der Waals surface area contributed by atoms with Crippen molar-refractivity contribution in [3.8, 4) is 5.75 Å². The molecule has 0 unspecified atom stereocenters. The van der Waals surface area contributed by atoms with Crippen LogP contribution in [-0.2, 0) is 17.6 Å². The molecule has 6 heteroatoms. The summed E-state index contributed by atoms with van der Waals surface area (Å²) in [6.45, 7) is 2.01. The average molecular weight is 277 g/mol. The third kappa shape index (κ3) is 3.45. The van der Waals surface area contributed by atoms with Gasteiger partial charge in [-0.15, -0.1) is 11.3 Å². The van der Waals surface area contributed by atoms with Crippen molar-refractivity contribution in [3.63, 3.8) is 0 Å². The topological polar surface area (TPSA) is 88.2 Å². The molecule has 1 aromatic carbocycles. The van der Waals surface area contributed by atoms with Crippen LogP contribution in [-0.4, -0.2) is 16.0 Å². The first-order chi connectivity index (χ1) is 9.08. The first kappa shape index (κ1) is 13.4. The highest BCUT2D eigenvalue weighted by molar-refractivity contribution is 7.13. The van der Waals surface area contributed by atoms with Crippen LogP contribution in [0.1, 0.15) is 18.2 Å². The summed E-state index contributed by atoms with van der Waals surface area (Å²) < 4.78 is 0. The van der Waals surface area contributed by atoms with Crippen LogP contribution in [0, 0.1) is 0 Å². The number of aryl methyl sites for hydroxylation is 1. The second kappa shape index (κ2) is 5.71. The number of rotatable bonds is 4. The molecule has 0 atom stereocenters. The van der Waals surface area contributed by atoms with E-state index >= 15 is 0 Å². The molecule has 0 bridgehead atoms. The first-order valence-corrected chi connectivity index (χ1v) is 6.78. The van der Waals surface area contributed by atoms with Crippen molar-refractivity contribution in [2.24, 2.45) is 0 Å². The lowest BCUT2D eigenvalue weighted by atomic mass is 10.1. The third-order valence-corrected chi connectivity index (χ3v) is 3.38. The van der Waals surface area contributed by atoms with Crippen LogP contribution in [0.3, 0.4) is 0 Å². The highest BCUT2D eigenvalue weighted by Gasteiger charge is 2.10. The van der Waals surface area contributed by atoms with Gasteiger partial charge in [0.15, 0.2) is 5.13 Å². The lowest BCUT2D eigenvalue weighted by Gasteiger charge is -2.08. The molecule has 0 spiro atoms. The van der Waals surface area contributed by atoms with E-state index in [0.29, 0.717) is 16.5 Å². The van der Waals surface area contributed by atoms with Gasteiger partial charge in [0.2, 0.25) is 5.91 Å². The molecule has 1 amide bonds. The summed E-state index contributed by atoms with van der Waals surface area (Å²) in [5.41, 5.74) is 7.61. The molecular weight excluding hydrogens is 262 g/mol. The zero-order valence-electron chi connectivity index (χ0n) is 10.5. The van der Waals surface area contributed by atoms with E-state index in [1.165, 1.54) is 11.3 Å². The van der Waals surface area contributed by atoms with Crippen molar-refractivity contribution in [2.75, 3.05) is 11.1 Å². The Bertz CT molecular complexity index is 595. The third-order valence-electron chi connectivity index (χ3n) is 2.65. The quantitative estimate of drug-likeness (QED) is 0.747. The van der Waals surface area contributed by atoms with Gasteiger partial charge in [-0.05, 0) is 24.1 Å². The monoisotopic (exact) mass is 277 g/mol. The van der Waals surface area contributed by atoms with Crippen LogP contribution in [0.5, 0.6) is 5.75 Å². The molecule has 4 N–H and O–H groups in total. The van der Waals surface area contributed by atoms with Crippen LogP contribution in [0.2, 0.25) is 0 Å². The van der Waals surface area contributed by atoms with E-state index in [-0.39, 0.29) is 18.1 Å². The molecule has 1 aromatic heterocycles. The predicted molar refractivity (Wildman–Crippen MR) is 76.3 cm³/mol. The summed E-state index contributed by atoms with van der Waals surface area (Å²) in [5.74, 6) is -0.169. The van der Waals surface area contributed by atoms with Crippen LogP contribution < -0.4 is 11.1 Å². The molecule has 2 rings (SSSR count). The Kier molecular flexibility index (Phi) is 4.01. The minimum Gasteiger partial charge on any atom is -0.506 e. The van der Waals surface area contributed by atoms with Crippen molar-refractivity contribution in [3.05, 3.63) is 34.8 Å². The van der Waals surface area contributed by atoms with Crippen LogP contribution >= 0.6 is 11.3 Å². The van der Waals surface area contributed by atoms with Crippen LogP contribution in [0.15, 0.2) is 23.6 Å². The maximum atomic E-state index is 11.8. The number of anilines is 2. The summed E-state index contributed by atoms with van der Waals surface area (Å²) >= 11 is 1.30. The fraction of sp³-hybridized carbons (Fsp3) is 0.231. The molecule has 0 aliphatic rings. The number of hydrogen-bond donors (Lipinski definition) is 3. The molecular formula is C13H15N3O2S. The van der Waals surface area contributed by atoms with Crippen LogP contribution in [0.4, 0.5) is 10.8 Å². The van der Waals surface area contributed by atoms with Gasteiger partial charge in [0.1, 0.15) is 5.75 Å². The van der Waals surface area contributed by atoms with E-state index in [0.717, 1.165) is 12.0 Å². The van der Waals surface area contributed by atoms with Crippen molar-refractivity contribution in [2.45, 2.75) is 19.8 Å². The summed E-state index contributed by atoms with van der Waals surface area (Å²) in [7, 11) is 0. The number of aromatic nitrogens is 1. The number of nitrogens with zero attached hydrogens (tertiary/aromatic N) is 1. The number of benzene rings is 1. The normalized spacial score (nSPS) is 10.4. The number of phenolic OH excluding ortho intramolecular Hbond substituents is 1.